The molecule has 0 unspecified atom stereocenters. The van der Waals surface area contributed by atoms with Gasteiger partial charge in [-0.25, -0.2) is 4.39 Å². The van der Waals surface area contributed by atoms with Gasteiger partial charge in [-0.15, -0.1) is 0 Å². The summed E-state index contributed by atoms with van der Waals surface area (Å²) in [6, 6.07) is 14.7. The van der Waals surface area contributed by atoms with Crippen LogP contribution in [0.3, 0.4) is 0 Å². The highest BCUT2D eigenvalue weighted by Gasteiger charge is 2.46. The van der Waals surface area contributed by atoms with Crippen LogP contribution in [-0.4, -0.2) is 33.3 Å². The highest BCUT2D eigenvalue weighted by Crippen LogP contribution is 2.50. The molecule has 0 saturated carbocycles. The van der Waals surface area contributed by atoms with Crippen LogP contribution in [0.15, 0.2) is 53.8 Å². The number of hydrogen-bond donors (Lipinski definition) is 3. The minimum Gasteiger partial charge on any atom is -0.342 e. The summed E-state index contributed by atoms with van der Waals surface area (Å²) in [7, 11) is 0. The fraction of sp³-hybridized carbons (Fsp3) is 0.259. The summed E-state index contributed by atoms with van der Waals surface area (Å²) in [5, 5.41) is 16.3. The van der Waals surface area contributed by atoms with Crippen molar-refractivity contribution in [2.24, 2.45) is 11.1 Å². The number of nitriles is 1. The number of piperidine rings is 1. The Kier molecular flexibility index (Phi) is 5.02. The fourth-order valence-electron chi connectivity index (χ4n) is 5.74. The monoisotopic (exact) mass is 481 g/mol. The summed E-state index contributed by atoms with van der Waals surface area (Å²) in [6.45, 7) is 5.37. The largest absolute Gasteiger partial charge is 0.342 e. The Hall–Kier alpha value is -4.29. The molecule has 0 bridgehead atoms. The van der Waals surface area contributed by atoms with Gasteiger partial charge in [0.05, 0.1) is 5.56 Å². The lowest BCUT2D eigenvalue weighted by Gasteiger charge is -2.42. The molecule has 4 aromatic rings. The van der Waals surface area contributed by atoms with Gasteiger partial charge < -0.3 is 10.6 Å². The maximum atomic E-state index is 14.7. The Morgan fingerprint density at radius 3 is 2.75 bits per heavy atom. The van der Waals surface area contributed by atoms with Crippen LogP contribution in [0.25, 0.3) is 16.6 Å². The number of nitrogens with two attached hydrogens (primary N) is 1. The smallest absolute Gasteiger partial charge is 0.264 e. The van der Waals surface area contributed by atoms with E-state index < -0.39 is 5.82 Å². The quantitative estimate of drug-likeness (QED) is 0.411. The summed E-state index contributed by atoms with van der Waals surface area (Å²) in [5.74, 6) is -0.235. The van der Waals surface area contributed by atoms with E-state index in [1.807, 2.05) is 12.1 Å². The van der Waals surface area contributed by atoms with Crippen molar-refractivity contribution >= 4 is 22.6 Å². The molecule has 2 aliphatic rings. The number of hydrogen-bond acceptors (Lipinski definition) is 6. The van der Waals surface area contributed by atoms with Crippen LogP contribution in [0.1, 0.15) is 46.8 Å². The van der Waals surface area contributed by atoms with Crippen LogP contribution in [0.5, 0.6) is 0 Å². The molecule has 0 radical (unpaired) electrons. The van der Waals surface area contributed by atoms with Crippen molar-refractivity contribution in [3.8, 4) is 6.07 Å². The predicted molar refractivity (Wildman–Crippen MR) is 135 cm³/mol. The lowest BCUT2D eigenvalue weighted by Crippen LogP contribution is -2.45. The van der Waals surface area contributed by atoms with Gasteiger partial charge in [-0.1, -0.05) is 43.0 Å². The van der Waals surface area contributed by atoms with Crippen molar-refractivity contribution in [3.05, 3.63) is 93.2 Å². The zero-order valence-corrected chi connectivity index (χ0v) is 19.5. The van der Waals surface area contributed by atoms with E-state index in [1.165, 1.54) is 23.3 Å². The zero-order chi connectivity index (χ0) is 25.0. The van der Waals surface area contributed by atoms with Gasteiger partial charge >= 0.3 is 0 Å². The molecule has 180 valence electrons. The second-order valence-electron chi connectivity index (χ2n) is 9.65. The Morgan fingerprint density at radius 1 is 1.22 bits per heavy atom. The van der Waals surface area contributed by atoms with Gasteiger partial charge in [0.15, 0.2) is 5.65 Å². The summed E-state index contributed by atoms with van der Waals surface area (Å²) in [5.41, 5.74) is 9.59. The Bertz CT molecular complexity index is 1620. The van der Waals surface area contributed by atoms with Crippen LogP contribution < -0.4 is 16.2 Å². The maximum absolute atomic E-state index is 14.7. The molecule has 9 heteroatoms. The van der Waals surface area contributed by atoms with Crippen LogP contribution in [0, 0.1) is 22.6 Å². The maximum Gasteiger partial charge on any atom is 0.264 e. The molecular weight excluding hydrogens is 457 g/mol. The number of rotatable bonds is 3. The first-order chi connectivity index (χ1) is 17.4. The summed E-state index contributed by atoms with van der Waals surface area (Å²) < 4.78 is 14.7. The minimum absolute atomic E-state index is 0.00597. The van der Waals surface area contributed by atoms with E-state index in [0.717, 1.165) is 32.4 Å². The molecule has 6 rings (SSSR count). The van der Waals surface area contributed by atoms with Crippen molar-refractivity contribution in [2.45, 2.75) is 25.3 Å². The molecular formula is C27H24FN7O. The van der Waals surface area contributed by atoms with E-state index in [9.17, 15) is 9.18 Å². The topological polar surface area (TPSA) is 127 Å². The molecule has 36 heavy (non-hydrogen) atoms. The highest BCUT2D eigenvalue weighted by molar-refractivity contribution is 5.92. The van der Waals surface area contributed by atoms with Crippen molar-refractivity contribution in [1.29, 1.82) is 5.26 Å². The van der Waals surface area contributed by atoms with Gasteiger partial charge in [-0.3, -0.25) is 14.9 Å². The normalized spacial score (nSPS) is 18.4. The van der Waals surface area contributed by atoms with Crippen molar-refractivity contribution < 1.29 is 4.39 Å². The average Bonchev–Trinajstić information content (AvgIpc) is 3.44. The Morgan fingerprint density at radius 2 is 2.00 bits per heavy atom. The van der Waals surface area contributed by atoms with E-state index in [2.05, 4.69) is 49.8 Å². The van der Waals surface area contributed by atoms with Gasteiger partial charge in [0.2, 0.25) is 5.95 Å². The second-order valence-corrected chi connectivity index (χ2v) is 9.65. The third-order valence-electron chi connectivity index (χ3n) is 7.80. The SMILES string of the molecule is C=C(c1cccc(C#N)c1F)c1n[nH]c2nc(N3CCC4(CC3)Cc3ccccc3[C@H]4N)[nH]c(=O)c12. The first-order valence-electron chi connectivity index (χ1n) is 11.9. The van der Waals surface area contributed by atoms with Crippen molar-refractivity contribution in [2.75, 3.05) is 18.0 Å². The number of nitrogens with one attached hydrogen (secondary N) is 2. The van der Waals surface area contributed by atoms with Gasteiger partial charge in [0.1, 0.15) is 23.0 Å². The number of benzene rings is 2. The molecule has 0 amide bonds. The number of aromatic amines is 2. The Labute approximate surface area is 206 Å². The van der Waals surface area contributed by atoms with E-state index >= 15 is 0 Å². The first kappa shape index (κ1) is 22.2. The van der Waals surface area contributed by atoms with E-state index in [4.69, 9.17) is 11.0 Å². The second kappa shape index (κ2) is 8.14. The molecule has 1 aliphatic heterocycles. The molecule has 2 aromatic carbocycles. The number of anilines is 1. The Balaban J connectivity index is 1.27. The minimum atomic E-state index is -0.698. The fourth-order valence-corrected chi connectivity index (χ4v) is 5.74. The average molecular weight is 482 g/mol. The molecule has 1 aliphatic carbocycles. The summed E-state index contributed by atoms with van der Waals surface area (Å²) >= 11 is 0. The number of aromatic nitrogens is 4. The first-order valence-corrected chi connectivity index (χ1v) is 11.9. The summed E-state index contributed by atoms with van der Waals surface area (Å²) in [4.78, 5) is 22.7. The molecule has 8 nitrogen and oxygen atoms in total. The number of H-pyrrole nitrogens is 2. The molecule has 1 atom stereocenters. The van der Waals surface area contributed by atoms with E-state index in [0.29, 0.717) is 11.6 Å². The van der Waals surface area contributed by atoms with Crippen LogP contribution in [0.4, 0.5) is 10.3 Å². The molecule has 1 saturated heterocycles. The van der Waals surface area contributed by atoms with Crippen LogP contribution in [0.2, 0.25) is 0 Å². The number of nitrogens with zero attached hydrogens (tertiary/aromatic N) is 4. The number of halogens is 1. The van der Waals surface area contributed by atoms with Crippen molar-refractivity contribution in [3.63, 3.8) is 0 Å². The molecule has 4 N–H and O–H groups in total. The molecule has 1 fully saturated rings. The molecule has 3 heterocycles. The summed E-state index contributed by atoms with van der Waals surface area (Å²) in [6.07, 6.45) is 2.75. The molecule has 1 spiro atoms. The third kappa shape index (κ3) is 3.26. The van der Waals surface area contributed by atoms with E-state index in [-0.39, 0.29) is 44.8 Å². The van der Waals surface area contributed by atoms with Gasteiger partial charge in [0.25, 0.3) is 5.56 Å². The lowest BCUT2D eigenvalue weighted by atomic mass is 9.73. The molecule has 2 aromatic heterocycles. The highest BCUT2D eigenvalue weighted by atomic mass is 19.1. The van der Waals surface area contributed by atoms with E-state index in [1.54, 1.807) is 6.07 Å². The van der Waals surface area contributed by atoms with Gasteiger partial charge in [0, 0.05) is 30.3 Å². The van der Waals surface area contributed by atoms with Gasteiger partial charge in [-0.2, -0.15) is 15.3 Å². The van der Waals surface area contributed by atoms with Crippen LogP contribution >= 0.6 is 0 Å². The number of fused-ring (bicyclic) bond motifs is 2. The van der Waals surface area contributed by atoms with Crippen LogP contribution in [-0.2, 0) is 6.42 Å². The standard InChI is InChI=1S/C27H24FN7O/c1-15(18-8-4-6-17(14-29)21(18)28)22-20-24(34-33-22)31-26(32-25(20)36)35-11-9-27(10-12-35)13-16-5-2-3-7-19(16)23(27)30/h2-8,23H,1,9-13,30H2,(H2,31,32,33,34,36)/t23-/m1/s1. The lowest BCUT2D eigenvalue weighted by molar-refractivity contribution is 0.187. The van der Waals surface area contributed by atoms with Crippen molar-refractivity contribution in [1.82, 2.24) is 20.2 Å². The zero-order valence-electron chi connectivity index (χ0n) is 19.5. The third-order valence-corrected chi connectivity index (χ3v) is 7.80. The van der Waals surface area contributed by atoms with Gasteiger partial charge in [-0.05, 0) is 41.9 Å². The predicted octanol–water partition coefficient (Wildman–Crippen LogP) is 3.56.